The van der Waals surface area contributed by atoms with Gasteiger partial charge >= 0.3 is 6.18 Å². The summed E-state index contributed by atoms with van der Waals surface area (Å²) in [4.78, 5) is 12.6. The first-order valence-corrected chi connectivity index (χ1v) is 11.6. The number of amides is 1. The Morgan fingerprint density at radius 2 is 1.68 bits per heavy atom. The number of carbonyl (C=O) groups excluding carboxylic acids is 1. The van der Waals surface area contributed by atoms with Gasteiger partial charge in [0.1, 0.15) is 6.54 Å². The second-order valence-corrected chi connectivity index (χ2v) is 9.83. The molecule has 0 aliphatic rings. The number of aryl methyl sites for hydroxylation is 3. The number of nitrogens with zero attached hydrogens (tertiary/aromatic N) is 1. The molecule has 170 valence electrons. The molecule has 2 aromatic carbocycles. The van der Waals surface area contributed by atoms with Crippen LogP contribution in [0.1, 0.15) is 40.8 Å². The topological polar surface area (TPSA) is 66.5 Å². The average Bonchev–Trinajstić information content (AvgIpc) is 2.61. The first-order valence-electron chi connectivity index (χ1n) is 9.33. The summed E-state index contributed by atoms with van der Waals surface area (Å²) in [5.74, 6) is -0.677. The fourth-order valence-electron chi connectivity index (χ4n) is 3.21. The third kappa shape index (κ3) is 6.13. The highest BCUT2D eigenvalue weighted by Gasteiger charge is 2.33. The highest BCUT2D eigenvalue weighted by atomic mass is 35.5. The van der Waals surface area contributed by atoms with Crippen molar-refractivity contribution < 1.29 is 26.4 Å². The molecule has 31 heavy (non-hydrogen) atoms. The molecule has 1 amide bonds. The van der Waals surface area contributed by atoms with Gasteiger partial charge in [-0.2, -0.15) is 13.2 Å². The van der Waals surface area contributed by atoms with Crippen LogP contribution < -0.4 is 9.62 Å². The van der Waals surface area contributed by atoms with E-state index in [2.05, 4.69) is 5.32 Å². The SMILES string of the molecule is Cc1cc(C)c(C(C)NC(=O)CN(c2cc(C(F)(F)F)ccc2Cl)S(C)(=O)=O)cc1C. The van der Waals surface area contributed by atoms with Gasteiger partial charge in [0.05, 0.1) is 28.6 Å². The zero-order chi connectivity index (χ0) is 23.7. The minimum absolute atomic E-state index is 0.218. The van der Waals surface area contributed by atoms with E-state index in [1.165, 1.54) is 0 Å². The number of sulfonamides is 1. The number of hydrogen-bond donors (Lipinski definition) is 1. The number of carbonyl (C=O) groups is 1. The number of alkyl halides is 3. The molecular formula is C21H24ClF3N2O3S. The minimum Gasteiger partial charge on any atom is -0.348 e. The van der Waals surface area contributed by atoms with E-state index in [0.717, 1.165) is 40.6 Å². The van der Waals surface area contributed by atoms with Crippen LogP contribution in [0.2, 0.25) is 5.02 Å². The van der Waals surface area contributed by atoms with Crippen LogP contribution in [0.5, 0.6) is 0 Å². The van der Waals surface area contributed by atoms with E-state index >= 15 is 0 Å². The molecule has 0 fully saturated rings. The lowest BCUT2D eigenvalue weighted by Gasteiger charge is -2.25. The highest BCUT2D eigenvalue weighted by molar-refractivity contribution is 7.92. The van der Waals surface area contributed by atoms with Crippen LogP contribution in [0.25, 0.3) is 0 Å². The second kappa shape index (κ2) is 9.08. The number of benzene rings is 2. The summed E-state index contributed by atoms with van der Waals surface area (Å²) in [6.45, 7) is 6.84. The summed E-state index contributed by atoms with van der Waals surface area (Å²) in [6.07, 6.45) is -3.89. The molecule has 0 radical (unpaired) electrons. The Labute approximate surface area is 185 Å². The van der Waals surface area contributed by atoms with Crippen molar-refractivity contribution in [2.75, 3.05) is 17.1 Å². The Morgan fingerprint density at radius 1 is 1.10 bits per heavy atom. The third-order valence-electron chi connectivity index (χ3n) is 4.96. The van der Waals surface area contributed by atoms with Crippen molar-refractivity contribution >= 4 is 33.2 Å². The number of rotatable bonds is 6. The fraction of sp³-hybridized carbons (Fsp3) is 0.381. The standard InChI is InChI=1S/C21H24ClF3N2O3S/c1-12-8-14(3)17(9-13(12)2)15(4)26-20(28)11-27(31(5,29)30)19-10-16(21(23,24)25)6-7-18(19)22/h6-10,15H,11H2,1-5H3,(H,26,28). The molecule has 0 spiro atoms. The van der Waals surface area contributed by atoms with E-state index in [-0.39, 0.29) is 5.02 Å². The summed E-state index contributed by atoms with van der Waals surface area (Å²) in [7, 11) is -4.10. The lowest BCUT2D eigenvalue weighted by atomic mass is 9.96. The van der Waals surface area contributed by atoms with Crippen molar-refractivity contribution in [1.29, 1.82) is 0 Å². The zero-order valence-corrected chi connectivity index (χ0v) is 19.3. The quantitative estimate of drug-likeness (QED) is 0.643. The Hall–Kier alpha value is -2.26. The molecule has 0 aliphatic heterocycles. The van der Waals surface area contributed by atoms with Gasteiger partial charge in [-0.15, -0.1) is 0 Å². The van der Waals surface area contributed by atoms with E-state index in [4.69, 9.17) is 11.6 Å². The third-order valence-corrected chi connectivity index (χ3v) is 6.40. The van der Waals surface area contributed by atoms with Gasteiger partial charge in [-0.25, -0.2) is 8.42 Å². The number of halogens is 4. The Bertz CT molecular complexity index is 1100. The fourth-order valence-corrected chi connectivity index (χ4v) is 4.34. The van der Waals surface area contributed by atoms with Crippen LogP contribution in [0.15, 0.2) is 30.3 Å². The Kier molecular flexibility index (Phi) is 7.32. The monoisotopic (exact) mass is 476 g/mol. The van der Waals surface area contributed by atoms with Gasteiger partial charge in [-0.1, -0.05) is 23.7 Å². The predicted molar refractivity (Wildman–Crippen MR) is 116 cm³/mol. The van der Waals surface area contributed by atoms with E-state index < -0.39 is 45.9 Å². The normalized spacial score (nSPS) is 13.1. The molecule has 5 nitrogen and oxygen atoms in total. The molecule has 1 unspecified atom stereocenters. The average molecular weight is 477 g/mol. The molecule has 2 aromatic rings. The van der Waals surface area contributed by atoms with Gasteiger partial charge in [0, 0.05) is 0 Å². The molecular weight excluding hydrogens is 453 g/mol. The Balaban J connectivity index is 2.33. The molecule has 1 N–H and O–H groups in total. The summed E-state index contributed by atoms with van der Waals surface area (Å²) < 4.78 is 64.4. The van der Waals surface area contributed by atoms with Crippen LogP contribution in [0.4, 0.5) is 18.9 Å². The van der Waals surface area contributed by atoms with Gasteiger partial charge < -0.3 is 5.32 Å². The summed E-state index contributed by atoms with van der Waals surface area (Å²) in [5.41, 5.74) is 2.47. The number of hydrogen-bond acceptors (Lipinski definition) is 3. The molecule has 0 saturated carbocycles. The van der Waals surface area contributed by atoms with E-state index in [9.17, 15) is 26.4 Å². The maximum atomic E-state index is 13.1. The first kappa shape index (κ1) is 25.0. The number of nitrogens with one attached hydrogen (secondary N) is 1. The molecule has 10 heteroatoms. The molecule has 0 saturated heterocycles. The Morgan fingerprint density at radius 3 is 2.23 bits per heavy atom. The molecule has 0 heterocycles. The van der Waals surface area contributed by atoms with Crippen molar-refractivity contribution in [3.8, 4) is 0 Å². The predicted octanol–water partition coefficient (Wildman–Crippen LogP) is 4.93. The zero-order valence-electron chi connectivity index (χ0n) is 17.8. The van der Waals surface area contributed by atoms with E-state index in [1.54, 1.807) is 6.92 Å². The van der Waals surface area contributed by atoms with E-state index in [0.29, 0.717) is 10.4 Å². The first-order chi connectivity index (χ1) is 14.1. The van der Waals surface area contributed by atoms with Crippen LogP contribution >= 0.6 is 11.6 Å². The summed E-state index contributed by atoms with van der Waals surface area (Å²) in [6, 6.07) is 5.80. The van der Waals surface area contributed by atoms with E-state index in [1.807, 2.05) is 32.9 Å². The van der Waals surface area contributed by atoms with Gasteiger partial charge in [0.25, 0.3) is 0 Å². The maximum absolute atomic E-state index is 13.1. The molecule has 0 aliphatic carbocycles. The maximum Gasteiger partial charge on any atom is 0.416 e. The smallest absolute Gasteiger partial charge is 0.348 e. The molecule has 0 aromatic heterocycles. The van der Waals surface area contributed by atoms with Crippen LogP contribution in [-0.4, -0.2) is 27.1 Å². The van der Waals surface area contributed by atoms with Crippen LogP contribution in [0, 0.1) is 20.8 Å². The lowest BCUT2D eigenvalue weighted by Crippen LogP contribution is -2.41. The van der Waals surface area contributed by atoms with Crippen molar-refractivity contribution in [3.63, 3.8) is 0 Å². The number of anilines is 1. The molecule has 2 rings (SSSR count). The molecule has 1 atom stereocenters. The van der Waals surface area contributed by atoms with Crippen molar-refractivity contribution in [1.82, 2.24) is 5.32 Å². The highest BCUT2D eigenvalue weighted by Crippen LogP contribution is 2.36. The largest absolute Gasteiger partial charge is 0.416 e. The van der Waals surface area contributed by atoms with Gasteiger partial charge in [0.15, 0.2) is 0 Å². The summed E-state index contributed by atoms with van der Waals surface area (Å²) >= 11 is 5.98. The minimum atomic E-state index is -4.69. The summed E-state index contributed by atoms with van der Waals surface area (Å²) in [5, 5.41) is 2.49. The van der Waals surface area contributed by atoms with Gasteiger partial charge in [0.2, 0.25) is 15.9 Å². The van der Waals surface area contributed by atoms with Crippen molar-refractivity contribution in [3.05, 3.63) is 63.2 Å². The molecule has 0 bridgehead atoms. The second-order valence-electron chi connectivity index (χ2n) is 7.52. The van der Waals surface area contributed by atoms with Crippen LogP contribution in [-0.2, 0) is 21.0 Å². The lowest BCUT2D eigenvalue weighted by molar-refractivity contribution is -0.137. The van der Waals surface area contributed by atoms with Crippen LogP contribution in [0.3, 0.4) is 0 Å². The van der Waals surface area contributed by atoms with Gasteiger partial charge in [-0.05, 0) is 68.1 Å². The van der Waals surface area contributed by atoms with Crippen molar-refractivity contribution in [2.24, 2.45) is 0 Å². The van der Waals surface area contributed by atoms with Gasteiger partial charge in [-0.3, -0.25) is 9.10 Å². The van der Waals surface area contributed by atoms with Crippen molar-refractivity contribution in [2.45, 2.75) is 39.9 Å².